The van der Waals surface area contributed by atoms with Gasteiger partial charge in [-0.15, -0.1) is 54.1 Å². The number of nitrogens with zero attached hydrogens (tertiary/aromatic N) is 2. The number of furan rings is 1. The van der Waals surface area contributed by atoms with E-state index in [1.54, 1.807) is 12.3 Å². The topological polar surface area (TPSA) is 38.9 Å². The predicted molar refractivity (Wildman–Crippen MR) is 211 cm³/mol. The van der Waals surface area contributed by atoms with Gasteiger partial charge in [0.25, 0.3) is 0 Å². The Morgan fingerprint density at radius 3 is 2.06 bits per heavy atom. The average molecular weight is 857 g/mol. The van der Waals surface area contributed by atoms with Crippen LogP contribution in [0.15, 0.2) is 156 Å². The number of rotatable bonds is 6. The molecule has 0 aliphatic heterocycles. The van der Waals surface area contributed by atoms with Gasteiger partial charge in [-0.2, -0.15) is 0 Å². The maximum Gasteiger partial charge on any atom is 0.121 e. The summed E-state index contributed by atoms with van der Waals surface area (Å²) in [5.74, 6) is 0. The smallest absolute Gasteiger partial charge is 0.121 e. The van der Waals surface area contributed by atoms with Crippen molar-refractivity contribution in [1.29, 1.82) is 0 Å². The van der Waals surface area contributed by atoms with Gasteiger partial charge in [-0.25, -0.2) is 0 Å². The van der Waals surface area contributed by atoms with Crippen molar-refractivity contribution < 1.29 is 27.3 Å². The molecule has 0 amide bonds. The largest absolute Gasteiger partial charge is 0.501 e. The summed E-state index contributed by atoms with van der Waals surface area (Å²) in [6.45, 7) is 10.2. The SMILES string of the molecule is CC(C)(c1ccccc1)c1ccnc(-c2[c-]cccc2)c1.[2H]C([2H])(c1ccnc(-c2[c-]ccc3c2oc2cc(-c4ccccc4)ccc23)c1)C(C)(C)C.[Ir]. The van der Waals surface area contributed by atoms with Crippen LogP contribution >= 0.6 is 0 Å². The van der Waals surface area contributed by atoms with Crippen LogP contribution in [0.5, 0.6) is 0 Å². The number of benzene rings is 5. The zero-order chi connectivity index (χ0) is 37.2. The first-order valence-corrected chi connectivity index (χ1v) is 17.3. The van der Waals surface area contributed by atoms with Crippen molar-refractivity contribution in [3.63, 3.8) is 0 Å². The zero-order valence-electron chi connectivity index (χ0n) is 32.1. The fourth-order valence-electron chi connectivity index (χ4n) is 6.36. The third-order valence-corrected chi connectivity index (χ3v) is 9.04. The van der Waals surface area contributed by atoms with Crippen LogP contribution < -0.4 is 0 Å². The number of hydrogen-bond donors (Lipinski definition) is 0. The molecule has 3 heterocycles. The molecule has 261 valence electrons. The Morgan fingerprint density at radius 2 is 1.33 bits per heavy atom. The van der Waals surface area contributed by atoms with Crippen LogP contribution in [0.25, 0.3) is 55.6 Å². The predicted octanol–water partition coefficient (Wildman–Crippen LogP) is 12.6. The van der Waals surface area contributed by atoms with Crippen molar-refractivity contribution in [3.05, 3.63) is 181 Å². The van der Waals surface area contributed by atoms with E-state index in [0.717, 1.165) is 44.3 Å². The fraction of sp³-hybridized carbons (Fsp3) is 0.167. The monoisotopic (exact) mass is 857 g/mol. The van der Waals surface area contributed by atoms with Crippen molar-refractivity contribution in [2.45, 2.75) is 46.4 Å². The Kier molecular flexibility index (Phi) is 10.2. The molecule has 8 aromatic rings. The third-order valence-electron chi connectivity index (χ3n) is 9.04. The molecular formula is C48H42IrN2O-2. The molecule has 0 atom stereocenters. The molecule has 0 saturated carbocycles. The molecule has 0 aliphatic carbocycles. The van der Waals surface area contributed by atoms with Gasteiger partial charge in [0, 0.05) is 46.0 Å². The van der Waals surface area contributed by atoms with E-state index in [-0.39, 0.29) is 25.5 Å². The molecule has 1 radical (unpaired) electrons. The average Bonchev–Trinajstić information content (AvgIpc) is 3.57. The Bertz CT molecular complexity index is 2490. The first-order valence-electron chi connectivity index (χ1n) is 18.3. The van der Waals surface area contributed by atoms with Crippen LogP contribution in [0.1, 0.15) is 54.1 Å². The second-order valence-corrected chi connectivity index (χ2v) is 14.3. The standard InChI is InChI=1S/C28H24NO.C20H18N.Ir/c1-28(2,3)18-19-14-15-29-25(16-19)24-11-7-10-23-22-13-12-21(17-26(22)30-27(23)24)20-8-5-4-6-9-20;1-20(2,17-11-7-4-8-12-17)18-13-14-21-19(15-18)16-9-5-3-6-10-16;/h4-10,12-17H,18H2,1-3H3;3-9,11-15H,1-2H3;/q2*-1;/i18D2;;. The molecule has 0 fully saturated rings. The number of aromatic nitrogens is 2. The first-order chi connectivity index (χ1) is 25.4. The minimum absolute atomic E-state index is 0. The minimum Gasteiger partial charge on any atom is -0.501 e. The molecule has 0 bridgehead atoms. The Morgan fingerprint density at radius 1 is 0.615 bits per heavy atom. The summed E-state index contributed by atoms with van der Waals surface area (Å²) in [6.07, 6.45) is 2.05. The maximum absolute atomic E-state index is 8.64. The molecule has 0 N–H and O–H groups in total. The molecule has 5 aromatic carbocycles. The first kappa shape index (κ1) is 34.0. The van der Waals surface area contributed by atoms with Crippen LogP contribution in [0.4, 0.5) is 0 Å². The second kappa shape index (κ2) is 15.6. The number of hydrogen-bond acceptors (Lipinski definition) is 3. The van der Waals surface area contributed by atoms with Gasteiger partial charge < -0.3 is 14.4 Å². The van der Waals surface area contributed by atoms with Gasteiger partial charge in [-0.1, -0.05) is 136 Å². The van der Waals surface area contributed by atoms with Crippen molar-refractivity contribution in [3.8, 4) is 33.6 Å². The molecule has 3 nitrogen and oxygen atoms in total. The van der Waals surface area contributed by atoms with Crippen LogP contribution in [0.3, 0.4) is 0 Å². The molecule has 0 aliphatic rings. The number of pyridine rings is 2. The summed E-state index contributed by atoms with van der Waals surface area (Å²) in [6, 6.07) is 53.3. The van der Waals surface area contributed by atoms with Gasteiger partial charge in [0.05, 0.1) is 5.58 Å². The van der Waals surface area contributed by atoms with E-state index in [4.69, 9.17) is 7.16 Å². The summed E-state index contributed by atoms with van der Waals surface area (Å²) in [5.41, 5.74) is 9.73. The van der Waals surface area contributed by atoms with E-state index >= 15 is 0 Å². The molecule has 3 aromatic heterocycles. The molecule has 52 heavy (non-hydrogen) atoms. The van der Waals surface area contributed by atoms with Crippen LogP contribution in [-0.4, -0.2) is 9.97 Å². The van der Waals surface area contributed by atoms with Crippen molar-refractivity contribution in [2.75, 3.05) is 0 Å². The molecule has 0 saturated heterocycles. The quantitative estimate of drug-likeness (QED) is 0.156. The summed E-state index contributed by atoms with van der Waals surface area (Å²) in [4.78, 5) is 9.02. The zero-order valence-corrected chi connectivity index (χ0v) is 32.5. The molecule has 0 unspecified atom stereocenters. The van der Waals surface area contributed by atoms with E-state index in [1.165, 1.54) is 11.1 Å². The third kappa shape index (κ3) is 8.15. The Hall–Kier alpha value is -5.15. The second-order valence-electron chi connectivity index (χ2n) is 14.3. The van der Waals surface area contributed by atoms with E-state index in [0.29, 0.717) is 16.8 Å². The number of fused-ring (bicyclic) bond motifs is 3. The molecule has 4 heteroatoms. The van der Waals surface area contributed by atoms with Crippen LogP contribution in [0, 0.1) is 17.5 Å². The summed E-state index contributed by atoms with van der Waals surface area (Å²) < 4.78 is 23.6. The molecule has 8 rings (SSSR count). The van der Waals surface area contributed by atoms with Crippen molar-refractivity contribution in [2.24, 2.45) is 5.41 Å². The Labute approximate surface area is 324 Å². The normalized spacial score (nSPS) is 12.3. The fourth-order valence-corrected chi connectivity index (χ4v) is 6.36. The van der Waals surface area contributed by atoms with Crippen LogP contribution in [0.2, 0.25) is 0 Å². The van der Waals surface area contributed by atoms with Gasteiger partial charge >= 0.3 is 0 Å². The van der Waals surface area contributed by atoms with E-state index in [2.05, 4.69) is 109 Å². The van der Waals surface area contributed by atoms with E-state index < -0.39 is 11.8 Å². The van der Waals surface area contributed by atoms with Crippen molar-refractivity contribution >= 4 is 21.9 Å². The summed E-state index contributed by atoms with van der Waals surface area (Å²) >= 11 is 0. The van der Waals surface area contributed by atoms with Crippen molar-refractivity contribution in [1.82, 2.24) is 9.97 Å². The maximum atomic E-state index is 8.64. The van der Waals surface area contributed by atoms with Gasteiger partial charge in [0.15, 0.2) is 0 Å². The van der Waals surface area contributed by atoms with Gasteiger partial charge in [-0.3, -0.25) is 0 Å². The van der Waals surface area contributed by atoms with Gasteiger partial charge in [0.1, 0.15) is 5.58 Å². The van der Waals surface area contributed by atoms with E-state index in [1.807, 2.05) is 87.6 Å². The van der Waals surface area contributed by atoms with Gasteiger partial charge in [0.2, 0.25) is 0 Å². The Balaban J connectivity index is 0.000000197. The summed E-state index contributed by atoms with van der Waals surface area (Å²) in [5, 5.41) is 2.04. The van der Waals surface area contributed by atoms with E-state index in [9.17, 15) is 0 Å². The van der Waals surface area contributed by atoms with Gasteiger partial charge in [-0.05, 0) is 63.6 Å². The van der Waals surface area contributed by atoms with Crippen LogP contribution in [-0.2, 0) is 31.9 Å². The minimum atomic E-state index is -1.50. The molecular weight excluding hydrogens is 813 g/mol. The summed E-state index contributed by atoms with van der Waals surface area (Å²) in [7, 11) is 0. The molecule has 0 spiro atoms.